The van der Waals surface area contributed by atoms with Gasteiger partial charge < -0.3 is 15.0 Å². The van der Waals surface area contributed by atoms with Gasteiger partial charge in [0.2, 0.25) is 5.91 Å². The molecule has 168 valence electrons. The molecule has 0 bridgehead atoms. The second-order valence-corrected chi connectivity index (χ2v) is 6.98. The van der Waals surface area contributed by atoms with Crippen LogP contribution in [0.3, 0.4) is 0 Å². The lowest BCUT2D eigenvalue weighted by molar-refractivity contribution is -0.276. The molecule has 1 fully saturated rings. The molecule has 0 aliphatic carbocycles. The van der Waals surface area contributed by atoms with Gasteiger partial charge >= 0.3 is 12.5 Å². The van der Waals surface area contributed by atoms with Crippen LogP contribution in [0.15, 0.2) is 30.6 Å². The van der Waals surface area contributed by atoms with Gasteiger partial charge in [0.15, 0.2) is 0 Å². The smallest absolute Gasteiger partial charge is 0.405 e. The number of ether oxygens (including phenoxy) is 1. The summed E-state index contributed by atoms with van der Waals surface area (Å²) in [5.74, 6) is -0.991. The van der Waals surface area contributed by atoms with Crippen LogP contribution in [-0.4, -0.2) is 41.4 Å². The van der Waals surface area contributed by atoms with E-state index in [0.29, 0.717) is 43.9 Å². The normalized spacial score (nSPS) is 15.6. The van der Waals surface area contributed by atoms with Crippen LogP contribution in [0.1, 0.15) is 25.3 Å². The zero-order valence-corrected chi connectivity index (χ0v) is 16.2. The van der Waals surface area contributed by atoms with Gasteiger partial charge in [0.1, 0.15) is 17.9 Å². The third kappa shape index (κ3) is 5.98. The van der Waals surface area contributed by atoms with Gasteiger partial charge in [-0.3, -0.25) is 4.79 Å². The number of nitrogens with zero attached hydrogens (tertiary/aromatic N) is 3. The highest BCUT2D eigenvalue weighted by atomic mass is 19.4. The fraction of sp³-hybridized carbons (Fsp3) is 0.421. The molecule has 6 nitrogen and oxygen atoms in total. The first-order valence-electron chi connectivity index (χ1n) is 9.24. The summed E-state index contributed by atoms with van der Waals surface area (Å²) in [7, 11) is 0. The maximum absolute atomic E-state index is 13.3. The SMILES string of the molecule is CC(=O)NC1CCN(c2cc(-c3ccc(OC(F)(F)F)c(C(F)(F)F)c3)ncn2)CC1. The molecular weight excluding hydrogens is 430 g/mol. The van der Waals surface area contributed by atoms with Gasteiger partial charge in [0.25, 0.3) is 0 Å². The Bertz CT molecular complexity index is 940. The second kappa shape index (κ2) is 8.60. The monoisotopic (exact) mass is 448 g/mol. The molecule has 2 aromatic rings. The van der Waals surface area contributed by atoms with Crippen molar-refractivity contribution in [3.63, 3.8) is 0 Å². The molecule has 0 atom stereocenters. The van der Waals surface area contributed by atoms with Crippen LogP contribution in [0.2, 0.25) is 0 Å². The highest BCUT2D eigenvalue weighted by Gasteiger charge is 2.39. The lowest BCUT2D eigenvalue weighted by atomic mass is 10.0. The average Bonchev–Trinajstić information content (AvgIpc) is 2.66. The molecule has 1 aliphatic rings. The second-order valence-electron chi connectivity index (χ2n) is 6.98. The van der Waals surface area contributed by atoms with E-state index in [4.69, 9.17) is 0 Å². The van der Waals surface area contributed by atoms with Crippen LogP contribution in [-0.2, 0) is 11.0 Å². The number of alkyl halides is 6. The molecule has 0 saturated carbocycles. The summed E-state index contributed by atoms with van der Waals surface area (Å²) in [5.41, 5.74) is -1.46. The van der Waals surface area contributed by atoms with E-state index in [-0.39, 0.29) is 23.2 Å². The van der Waals surface area contributed by atoms with Gasteiger partial charge in [-0.05, 0) is 31.0 Å². The molecule has 3 rings (SSSR count). The Hall–Kier alpha value is -3.05. The van der Waals surface area contributed by atoms with E-state index < -0.39 is 23.9 Å². The quantitative estimate of drug-likeness (QED) is 0.712. The van der Waals surface area contributed by atoms with Crippen molar-refractivity contribution in [2.24, 2.45) is 0 Å². The molecular formula is C19H18F6N4O2. The molecule has 1 saturated heterocycles. The Morgan fingerprint density at radius 2 is 1.77 bits per heavy atom. The zero-order valence-electron chi connectivity index (χ0n) is 16.2. The lowest BCUT2D eigenvalue weighted by Crippen LogP contribution is -2.44. The molecule has 12 heteroatoms. The minimum atomic E-state index is -5.26. The Balaban J connectivity index is 1.85. The number of nitrogens with one attached hydrogen (secondary N) is 1. The van der Waals surface area contributed by atoms with Gasteiger partial charge in [-0.15, -0.1) is 13.2 Å². The van der Waals surface area contributed by atoms with Gasteiger partial charge in [0, 0.05) is 37.7 Å². The third-order valence-corrected chi connectivity index (χ3v) is 4.69. The number of carbonyl (C=O) groups is 1. The number of amides is 1. The zero-order chi connectivity index (χ0) is 22.8. The molecule has 31 heavy (non-hydrogen) atoms. The number of anilines is 1. The minimum absolute atomic E-state index is 0.0290. The molecule has 0 radical (unpaired) electrons. The van der Waals surface area contributed by atoms with E-state index in [1.54, 1.807) is 0 Å². The molecule has 1 aromatic heterocycles. The van der Waals surface area contributed by atoms with Crippen molar-refractivity contribution in [1.82, 2.24) is 15.3 Å². The number of rotatable bonds is 4. The van der Waals surface area contributed by atoms with Crippen molar-refractivity contribution in [2.45, 2.75) is 38.3 Å². The van der Waals surface area contributed by atoms with Crippen LogP contribution in [0.5, 0.6) is 5.75 Å². The van der Waals surface area contributed by atoms with E-state index in [0.717, 1.165) is 6.07 Å². The van der Waals surface area contributed by atoms with Crippen molar-refractivity contribution in [2.75, 3.05) is 18.0 Å². The average molecular weight is 448 g/mol. The number of halogens is 6. The number of hydrogen-bond acceptors (Lipinski definition) is 5. The summed E-state index contributed by atoms with van der Waals surface area (Å²) in [5, 5.41) is 2.84. The number of piperidine rings is 1. The molecule has 1 N–H and O–H groups in total. The standard InChI is InChI=1S/C19H18F6N4O2/c1-11(30)28-13-4-6-29(7-5-13)17-9-15(26-10-27-17)12-2-3-16(31-19(23,24)25)14(8-12)18(20,21)22/h2-3,8-10,13H,4-7H2,1H3,(H,28,30). The predicted molar refractivity (Wildman–Crippen MR) is 98.2 cm³/mol. The van der Waals surface area contributed by atoms with Gasteiger partial charge in [0.05, 0.1) is 11.3 Å². The van der Waals surface area contributed by atoms with Crippen molar-refractivity contribution in [3.05, 3.63) is 36.2 Å². The minimum Gasteiger partial charge on any atom is -0.405 e. The molecule has 1 aliphatic heterocycles. The van der Waals surface area contributed by atoms with Gasteiger partial charge in [-0.2, -0.15) is 13.2 Å². The van der Waals surface area contributed by atoms with Crippen LogP contribution < -0.4 is 15.0 Å². The van der Waals surface area contributed by atoms with Crippen LogP contribution in [0, 0.1) is 0 Å². The summed E-state index contributed by atoms with van der Waals surface area (Å²) in [4.78, 5) is 21.2. The van der Waals surface area contributed by atoms with Crippen molar-refractivity contribution in [3.8, 4) is 17.0 Å². The van der Waals surface area contributed by atoms with Crippen molar-refractivity contribution >= 4 is 11.7 Å². The summed E-state index contributed by atoms with van der Waals surface area (Å²) in [6, 6.07) is 3.76. The molecule has 0 spiro atoms. The Morgan fingerprint density at radius 3 is 2.35 bits per heavy atom. The van der Waals surface area contributed by atoms with E-state index in [1.807, 2.05) is 4.90 Å². The molecule has 2 heterocycles. The Morgan fingerprint density at radius 1 is 1.10 bits per heavy atom. The van der Waals surface area contributed by atoms with E-state index >= 15 is 0 Å². The van der Waals surface area contributed by atoms with Crippen LogP contribution >= 0.6 is 0 Å². The first kappa shape index (κ1) is 22.6. The van der Waals surface area contributed by atoms with Crippen LogP contribution in [0.4, 0.5) is 32.2 Å². The number of carbonyl (C=O) groups excluding carboxylic acids is 1. The summed E-state index contributed by atoms with van der Waals surface area (Å²) < 4.78 is 80.8. The van der Waals surface area contributed by atoms with Crippen molar-refractivity contribution < 1.29 is 35.9 Å². The van der Waals surface area contributed by atoms with Gasteiger partial charge in [-0.1, -0.05) is 0 Å². The first-order chi connectivity index (χ1) is 14.4. The largest absolute Gasteiger partial charge is 0.573 e. The van der Waals surface area contributed by atoms with Gasteiger partial charge in [-0.25, -0.2) is 9.97 Å². The Kier molecular flexibility index (Phi) is 6.27. The lowest BCUT2D eigenvalue weighted by Gasteiger charge is -2.33. The molecule has 1 aromatic carbocycles. The van der Waals surface area contributed by atoms with E-state index in [9.17, 15) is 31.1 Å². The highest BCUT2D eigenvalue weighted by molar-refractivity contribution is 5.73. The summed E-state index contributed by atoms with van der Waals surface area (Å²) in [6.45, 7) is 2.56. The highest BCUT2D eigenvalue weighted by Crippen LogP contribution is 2.40. The van der Waals surface area contributed by atoms with Crippen LogP contribution in [0.25, 0.3) is 11.3 Å². The summed E-state index contributed by atoms with van der Waals surface area (Å²) >= 11 is 0. The molecule has 1 amide bonds. The van der Waals surface area contributed by atoms with E-state index in [2.05, 4.69) is 20.0 Å². The number of aromatic nitrogens is 2. The summed E-state index contributed by atoms with van der Waals surface area (Å²) in [6.07, 6.45) is -7.80. The Labute approximate surface area is 173 Å². The van der Waals surface area contributed by atoms with E-state index in [1.165, 1.54) is 19.3 Å². The fourth-order valence-electron chi connectivity index (χ4n) is 3.34. The predicted octanol–water partition coefficient (Wildman–Crippen LogP) is 4.17. The third-order valence-electron chi connectivity index (χ3n) is 4.69. The molecule has 0 unspecified atom stereocenters. The topological polar surface area (TPSA) is 67.4 Å². The maximum atomic E-state index is 13.3. The first-order valence-corrected chi connectivity index (χ1v) is 9.24. The maximum Gasteiger partial charge on any atom is 0.573 e. The number of hydrogen-bond donors (Lipinski definition) is 1. The number of benzene rings is 1. The fourth-order valence-corrected chi connectivity index (χ4v) is 3.34. The van der Waals surface area contributed by atoms with Crippen molar-refractivity contribution in [1.29, 1.82) is 0 Å².